The SMILES string of the molecule is C\C=C([B]OCC(C)(C)S)/C(C)=C\C(C(=O)C(C)OC(C)=O)=C(/C)CC. The van der Waals surface area contributed by atoms with Crippen molar-refractivity contribution in [3.05, 3.63) is 34.3 Å². The number of hydrogen-bond acceptors (Lipinski definition) is 5. The van der Waals surface area contributed by atoms with Crippen LogP contribution in [0.15, 0.2) is 34.3 Å². The van der Waals surface area contributed by atoms with Crippen LogP contribution in [0.4, 0.5) is 0 Å². The second-order valence-electron chi connectivity index (χ2n) is 6.98. The first-order valence-corrected chi connectivity index (χ1v) is 9.31. The predicted molar refractivity (Wildman–Crippen MR) is 112 cm³/mol. The van der Waals surface area contributed by atoms with E-state index in [1.165, 1.54) is 6.92 Å². The van der Waals surface area contributed by atoms with E-state index in [1.807, 2.05) is 53.7 Å². The molecular weight excluding hydrogens is 347 g/mol. The number of carbonyl (C=O) groups excluding carboxylic acids is 2. The van der Waals surface area contributed by atoms with E-state index in [0.29, 0.717) is 12.2 Å². The Bertz CT molecular complexity index is 597. The third kappa shape index (κ3) is 9.44. The summed E-state index contributed by atoms with van der Waals surface area (Å²) in [6, 6.07) is 0. The van der Waals surface area contributed by atoms with E-state index in [1.54, 1.807) is 14.4 Å². The molecule has 0 aromatic carbocycles. The van der Waals surface area contributed by atoms with Crippen LogP contribution in [0.2, 0.25) is 0 Å². The summed E-state index contributed by atoms with van der Waals surface area (Å²) < 4.78 is 10.4. The summed E-state index contributed by atoms with van der Waals surface area (Å²) in [6.45, 7) is 15.1. The van der Waals surface area contributed by atoms with Crippen LogP contribution in [-0.2, 0) is 19.0 Å². The van der Waals surface area contributed by atoms with Gasteiger partial charge in [0.25, 0.3) is 0 Å². The van der Waals surface area contributed by atoms with E-state index < -0.39 is 12.1 Å². The molecule has 1 unspecified atom stereocenters. The molecule has 0 rings (SSSR count). The largest absolute Gasteiger partial charge is 0.454 e. The van der Waals surface area contributed by atoms with Gasteiger partial charge in [-0.25, -0.2) is 0 Å². The normalized spacial score (nSPS) is 15.3. The Balaban J connectivity index is 5.46. The number of carbonyl (C=O) groups is 2. The summed E-state index contributed by atoms with van der Waals surface area (Å²) >= 11 is 4.44. The number of hydrogen-bond donors (Lipinski definition) is 1. The Morgan fingerprint density at radius 2 is 1.81 bits per heavy atom. The highest BCUT2D eigenvalue weighted by Crippen LogP contribution is 2.20. The zero-order chi connectivity index (χ0) is 20.5. The van der Waals surface area contributed by atoms with Crippen molar-refractivity contribution in [1.29, 1.82) is 0 Å². The van der Waals surface area contributed by atoms with Crippen molar-refractivity contribution < 1.29 is 19.0 Å². The lowest BCUT2D eigenvalue weighted by Crippen LogP contribution is -2.25. The van der Waals surface area contributed by atoms with Crippen LogP contribution >= 0.6 is 12.6 Å². The molecule has 0 amide bonds. The standard InChI is InChI=1S/C20H32BO4S/c1-9-13(3)17(19(23)15(5)25-16(6)22)11-14(4)18(10-2)21-24-12-20(7,8)26/h10-11,15,26H,9,12H2,1-8H3/b14-11-,17-13-,18-10+. The van der Waals surface area contributed by atoms with Gasteiger partial charge >= 0.3 is 13.5 Å². The maximum Gasteiger partial charge on any atom is 0.330 e. The Morgan fingerprint density at radius 1 is 1.23 bits per heavy atom. The first-order chi connectivity index (χ1) is 11.9. The molecule has 26 heavy (non-hydrogen) atoms. The van der Waals surface area contributed by atoms with Crippen molar-refractivity contribution in [3.8, 4) is 0 Å². The highest BCUT2D eigenvalue weighted by Gasteiger charge is 2.21. The summed E-state index contributed by atoms with van der Waals surface area (Å²) in [7, 11) is 1.68. The lowest BCUT2D eigenvalue weighted by molar-refractivity contribution is -0.150. The predicted octanol–water partition coefficient (Wildman–Crippen LogP) is 4.43. The first kappa shape index (κ1) is 24.7. The molecule has 0 bridgehead atoms. The second kappa shape index (κ2) is 11.4. The summed E-state index contributed by atoms with van der Waals surface area (Å²) in [4.78, 5) is 23.9. The molecule has 145 valence electrons. The molecule has 1 atom stereocenters. The Kier molecular flexibility index (Phi) is 10.9. The number of ether oxygens (including phenoxy) is 1. The third-order valence-corrected chi connectivity index (χ3v) is 3.87. The van der Waals surface area contributed by atoms with Crippen molar-refractivity contribution in [2.75, 3.05) is 6.61 Å². The number of rotatable bonds is 10. The molecule has 0 aliphatic carbocycles. The van der Waals surface area contributed by atoms with E-state index in [2.05, 4.69) is 12.6 Å². The van der Waals surface area contributed by atoms with Gasteiger partial charge in [-0.1, -0.05) is 29.6 Å². The summed E-state index contributed by atoms with van der Waals surface area (Å²) in [6.07, 6.45) is 3.68. The lowest BCUT2D eigenvalue weighted by atomic mass is 9.80. The zero-order valence-corrected chi connectivity index (χ0v) is 18.2. The molecule has 6 heteroatoms. The summed E-state index contributed by atoms with van der Waals surface area (Å²) in [5.74, 6) is -0.669. The third-order valence-electron chi connectivity index (χ3n) is 3.74. The fraction of sp³-hybridized carbons (Fsp3) is 0.600. The molecule has 0 saturated carbocycles. The smallest absolute Gasteiger partial charge is 0.330 e. The molecule has 0 aromatic heterocycles. The molecule has 0 aromatic rings. The number of allylic oxidation sites excluding steroid dienone is 5. The van der Waals surface area contributed by atoms with E-state index in [9.17, 15) is 9.59 Å². The minimum absolute atomic E-state index is 0.202. The van der Waals surface area contributed by atoms with Gasteiger partial charge in [0.05, 0.1) is 0 Å². The number of thiol groups is 1. The Hall–Kier alpha value is -1.27. The van der Waals surface area contributed by atoms with Gasteiger partial charge in [0, 0.05) is 23.9 Å². The number of Topliss-reactive ketones (excluding diaryl/α,β-unsaturated/α-hetero) is 1. The Morgan fingerprint density at radius 3 is 2.23 bits per heavy atom. The first-order valence-electron chi connectivity index (χ1n) is 8.86. The van der Waals surface area contributed by atoms with Crippen LogP contribution in [0.25, 0.3) is 0 Å². The molecule has 0 N–H and O–H groups in total. The Labute approximate surface area is 164 Å². The maximum absolute atomic E-state index is 12.7. The van der Waals surface area contributed by atoms with Crippen LogP contribution in [0.3, 0.4) is 0 Å². The minimum Gasteiger partial charge on any atom is -0.454 e. The quantitative estimate of drug-likeness (QED) is 0.201. The van der Waals surface area contributed by atoms with Gasteiger partial charge in [0.1, 0.15) is 0 Å². The van der Waals surface area contributed by atoms with Crippen molar-refractivity contribution in [1.82, 2.24) is 0 Å². The average molecular weight is 379 g/mol. The van der Waals surface area contributed by atoms with Gasteiger partial charge in [0.15, 0.2) is 6.10 Å². The summed E-state index contributed by atoms with van der Waals surface area (Å²) in [5.41, 5.74) is 3.30. The van der Waals surface area contributed by atoms with Crippen LogP contribution in [0, 0.1) is 0 Å². The molecule has 0 fully saturated rings. The van der Waals surface area contributed by atoms with Gasteiger partial charge < -0.3 is 9.39 Å². The molecule has 0 spiro atoms. The van der Waals surface area contributed by atoms with Gasteiger partial charge in [-0.3, -0.25) is 9.59 Å². The number of esters is 1. The molecular formula is C20H32BO4S. The van der Waals surface area contributed by atoms with Gasteiger partial charge in [-0.15, -0.1) is 0 Å². The summed E-state index contributed by atoms with van der Waals surface area (Å²) in [5, 5.41) is 0. The van der Waals surface area contributed by atoms with Gasteiger partial charge in [-0.05, 0) is 54.0 Å². The maximum atomic E-state index is 12.7. The van der Waals surface area contributed by atoms with Crippen LogP contribution < -0.4 is 0 Å². The topological polar surface area (TPSA) is 52.6 Å². The monoisotopic (exact) mass is 379 g/mol. The van der Waals surface area contributed by atoms with E-state index in [0.717, 1.165) is 23.0 Å². The lowest BCUT2D eigenvalue weighted by Gasteiger charge is -2.18. The molecule has 0 heterocycles. The highest BCUT2D eigenvalue weighted by atomic mass is 32.1. The van der Waals surface area contributed by atoms with Gasteiger partial charge in [0.2, 0.25) is 5.78 Å². The number of ketones is 1. The van der Waals surface area contributed by atoms with Crippen LogP contribution in [-0.4, -0.2) is 36.7 Å². The fourth-order valence-electron chi connectivity index (χ4n) is 2.14. The molecule has 0 saturated heterocycles. The van der Waals surface area contributed by atoms with Crippen molar-refractivity contribution in [2.45, 2.75) is 72.7 Å². The fourth-order valence-corrected chi connectivity index (χ4v) is 2.21. The van der Waals surface area contributed by atoms with Crippen molar-refractivity contribution >= 4 is 31.9 Å². The van der Waals surface area contributed by atoms with Crippen LogP contribution in [0.1, 0.15) is 61.8 Å². The zero-order valence-electron chi connectivity index (χ0n) is 17.3. The van der Waals surface area contributed by atoms with Crippen molar-refractivity contribution in [3.63, 3.8) is 0 Å². The average Bonchev–Trinajstić information content (AvgIpc) is 2.53. The van der Waals surface area contributed by atoms with Crippen LogP contribution in [0.5, 0.6) is 0 Å². The minimum atomic E-state index is -0.813. The second-order valence-corrected chi connectivity index (χ2v) is 8.19. The molecule has 4 nitrogen and oxygen atoms in total. The van der Waals surface area contributed by atoms with E-state index >= 15 is 0 Å². The molecule has 0 aliphatic rings. The molecule has 1 radical (unpaired) electrons. The van der Waals surface area contributed by atoms with Crippen molar-refractivity contribution in [2.24, 2.45) is 0 Å². The van der Waals surface area contributed by atoms with Gasteiger partial charge in [-0.2, -0.15) is 12.6 Å². The van der Waals surface area contributed by atoms with E-state index in [4.69, 9.17) is 9.39 Å². The molecule has 0 aliphatic heterocycles. The van der Waals surface area contributed by atoms with E-state index in [-0.39, 0.29) is 10.5 Å². The highest BCUT2D eigenvalue weighted by molar-refractivity contribution is 7.81.